The molecule has 0 atom stereocenters. The number of aryl methyl sites for hydroxylation is 1. The van der Waals surface area contributed by atoms with Gasteiger partial charge in [-0.2, -0.15) is 0 Å². The van der Waals surface area contributed by atoms with Crippen molar-refractivity contribution in [1.82, 2.24) is 25.3 Å². The van der Waals surface area contributed by atoms with E-state index in [4.69, 9.17) is 0 Å². The van der Waals surface area contributed by atoms with Gasteiger partial charge in [-0.1, -0.05) is 17.3 Å². The zero-order valence-corrected chi connectivity index (χ0v) is 12.3. The van der Waals surface area contributed by atoms with Gasteiger partial charge >= 0.3 is 0 Å². The van der Waals surface area contributed by atoms with Gasteiger partial charge in [0.05, 0.1) is 11.9 Å². The van der Waals surface area contributed by atoms with Crippen molar-refractivity contribution in [3.63, 3.8) is 0 Å². The summed E-state index contributed by atoms with van der Waals surface area (Å²) >= 11 is 0. The molecule has 0 aliphatic rings. The van der Waals surface area contributed by atoms with Crippen molar-refractivity contribution in [3.8, 4) is 0 Å². The summed E-state index contributed by atoms with van der Waals surface area (Å²) in [6.07, 6.45) is 3.51. The van der Waals surface area contributed by atoms with Gasteiger partial charge in [-0.05, 0) is 29.8 Å². The van der Waals surface area contributed by atoms with Crippen LogP contribution in [-0.4, -0.2) is 25.9 Å². The van der Waals surface area contributed by atoms with E-state index < -0.39 is 0 Å². The first kappa shape index (κ1) is 14.8. The topological polar surface area (TPSA) is 89.8 Å². The number of nitrogens with one attached hydrogen (secondary N) is 1. The molecule has 7 heteroatoms. The van der Waals surface area contributed by atoms with Crippen LogP contribution in [0.3, 0.4) is 0 Å². The van der Waals surface area contributed by atoms with E-state index in [1.165, 1.54) is 4.68 Å². The highest BCUT2D eigenvalue weighted by atomic mass is 16.2. The highest BCUT2D eigenvalue weighted by Gasteiger charge is 2.07. The maximum Gasteiger partial charge on any atom is 0.277 e. The molecule has 0 aliphatic heterocycles. The van der Waals surface area contributed by atoms with Crippen molar-refractivity contribution >= 4 is 16.8 Å². The summed E-state index contributed by atoms with van der Waals surface area (Å²) in [4.78, 5) is 28.0. The third-order valence-electron chi connectivity index (χ3n) is 3.42. The number of aromatic nitrogens is 4. The Morgan fingerprint density at radius 2 is 1.91 bits per heavy atom. The van der Waals surface area contributed by atoms with Crippen LogP contribution in [0.1, 0.15) is 12.0 Å². The van der Waals surface area contributed by atoms with Crippen molar-refractivity contribution in [3.05, 3.63) is 64.7 Å². The van der Waals surface area contributed by atoms with Gasteiger partial charge in [0.2, 0.25) is 5.91 Å². The molecule has 0 unspecified atom stereocenters. The minimum Gasteiger partial charge on any atom is -0.352 e. The monoisotopic (exact) mass is 309 g/mol. The predicted octanol–water partition coefficient (Wildman–Crippen LogP) is 0.893. The van der Waals surface area contributed by atoms with E-state index in [-0.39, 0.29) is 24.4 Å². The molecular weight excluding hydrogens is 294 g/mol. The molecule has 0 saturated heterocycles. The normalized spacial score (nSPS) is 10.6. The molecule has 0 radical (unpaired) electrons. The van der Waals surface area contributed by atoms with Crippen molar-refractivity contribution in [2.24, 2.45) is 0 Å². The molecule has 3 rings (SSSR count). The summed E-state index contributed by atoms with van der Waals surface area (Å²) in [7, 11) is 0. The number of nitrogens with zero attached hydrogens (tertiary/aromatic N) is 4. The Bertz CT molecular complexity index is 876. The molecule has 1 amide bonds. The fraction of sp³-hybridized carbons (Fsp3) is 0.188. The lowest BCUT2D eigenvalue weighted by molar-refractivity contribution is -0.121. The van der Waals surface area contributed by atoms with Crippen LogP contribution in [0.5, 0.6) is 0 Å². The third kappa shape index (κ3) is 3.57. The Kier molecular flexibility index (Phi) is 4.37. The van der Waals surface area contributed by atoms with Gasteiger partial charge < -0.3 is 5.32 Å². The number of hydrogen-bond donors (Lipinski definition) is 1. The van der Waals surface area contributed by atoms with Crippen LogP contribution in [0, 0.1) is 0 Å². The van der Waals surface area contributed by atoms with Gasteiger partial charge in [0.25, 0.3) is 5.56 Å². The Labute approximate surface area is 132 Å². The van der Waals surface area contributed by atoms with E-state index in [0.717, 1.165) is 5.56 Å². The van der Waals surface area contributed by atoms with Crippen molar-refractivity contribution in [1.29, 1.82) is 0 Å². The standard InChI is InChI=1S/C16H15N5O2/c22-15(18-11-12-5-8-17-9-6-12)7-10-21-16(23)13-3-1-2-4-14(13)19-20-21/h1-6,8-9H,7,10-11H2,(H,18,22). The fourth-order valence-corrected chi connectivity index (χ4v) is 2.17. The number of amides is 1. The lowest BCUT2D eigenvalue weighted by Crippen LogP contribution is -2.29. The van der Waals surface area contributed by atoms with Gasteiger partial charge in [-0.25, -0.2) is 4.68 Å². The zero-order valence-electron chi connectivity index (χ0n) is 12.3. The Morgan fingerprint density at radius 3 is 2.74 bits per heavy atom. The van der Waals surface area contributed by atoms with Gasteiger partial charge in [-0.15, -0.1) is 5.10 Å². The number of pyridine rings is 1. The highest BCUT2D eigenvalue weighted by molar-refractivity contribution is 5.77. The van der Waals surface area contributed by atoms with Crippen LogP contribution in [0.15, 0.2) is 53.6 Å². The van der Waals surface area contributed by atoms with Crippen molar-refractivity contribution in [2.45, 2.75) is 19.5 Å². The first-order chi connectivity index (χ1) is 11.2. The summed E-state index contributed by atoms with van der Waals surface area (Å²) < 4.78 is 1.22. The van der Waals surface area contributed by atoms with Crippen LogP contribution < -0.4 is 10.9 Å². The van der Waals surface area contributed by atoms with E-state index >= 15 is 0 Å². The molecular formula is C16H15N5O2. The number of rotatable bonds is 5. The van der Waals surface area contributed by atoms with E-state index in [1.54, 1.807) is 36.7 Å². The summed E-state index contributed by atoms with van der Waals surface area (Å²) in [5, 5.41) is 11.1. The second-order valence-electron chi connectivity index (χ2n) is 5.02. The van der Waals surface area contributed by atoms with Gasteiger partial charge in [0, 0.05) is 25.4 Å². The molecule has 2 aromatic heterocycles. The van der Waals surface area contributed by atoms with Crippen LogP contribution in [-0.2, 0) is 17.9 Å². The Balaban J connectivity index is 1.61. The second-order valence-corrected chi connectivity index (χ2v) is 5.02. The number of benzene rings is 1. The average molecular weight is 309 g/mol. The molecule has 0 spiro atoms. The van der Waals surface area contributed by atoms with Crippen molar-refractivity contribution in [2.75, 3.05) is 0 Å². The van der Waals surface area contributed by atoms with E-state index in [2.05, 4.69) is 20.6 Å². The molecule has 23 heavy (non-hydrogen) atoms. The second kappa shape index (κ2) is 6.78. The number of hydrogen-bond acceptors (Lipinski definition) is 5. The fourth-order valence-electron chi connectivity index (χ4n) is 2.17. The van der Waals surface area contributed by atoms with Gasteiger partial charge in [0.1, 0.15) is 5.52 Å². The van der Waals surface area contributed by atoms with Crippen molar-refractivity contribution < 1.29 is 4.79 Å². The number of carbonyl (C=O) groups is 1. The maximum absolute atomic E-state index is 12.2. The summed E-state index contributed by atoms with van der Waals surface area (Å²) in [5.41, 5.74) is 1.28. The minimum absolute atomic E-state index is 0.149. The predicted molar refractivity (Wildman–Crippen MR) is 84.5 cm³/mol. The molecule has 1 aromatic carbocycles. The lowest BCUT2D eigenvalue weighted by Gasteiger charge is -2.06. The van der Waals surface area contributed by atoms with Crippen LogP contribution >= 0.6 is 0 Å². The van der Waals surface area contributed by atoms with Gasteiger partial charge in [0.15, 0.2) is 0 Å². The maximum atomic E-state index is 12.2. The SMILES string of the molecule is O=C(CCn1nnc2ccccc2c1=O)NCc1ccncc1. The highest BCUT2D eigenvalue weighted by Crippen LogP contribution is 2.03. The largest absolute Gasteiger partial charge is 0.352 e. The van der Waals surface area contributed by atoms with Crippen LogP contribution in [0.4, 0.5) is 0 Å². The summed E-state index contributed by atoms with van der Waals surface area (Å²) in [5.74, 6) is -0.149. The van der Waals surface area contributed by atoms with E-state index in [9.17, 15) is 9.59 Å². The number of carbonyl (C=O) groups excluding carboxylic acids is 1. The minimum atomic E-state index is -0.238. The summed E-state index contributed by atoms with van der Waals surface area (Å²) in [6, 6.07) is 10.7. The molecule has 7 nitrogen and oxygen atoms in total. The summed E-state index contributed by atoms with van der Waals surface area (Å²) in [6.45, 7) is 0.624. The molecule has 0 fully saturated rings. The first-order valence-electron chi connectivity index (χ1n) is 7.22. The molecule has 0 bridgehead atoms. The molecule has 3 aromatic rings. The Hall–Kier alpha value is -3.09. The molecule has 0 saturated carbocycles. The first-order valence-corrected chi connectivity index (χ1v) is 7.22. The van der Waals surface area contributed by atoms with E-state index in [1.807, 2.05) is 12.1 Å². The van der Waals surface area contributed by atoms with Crippen LogP contribution in [0.2, 0.25) is 0 Å². The zero-order chi connectivity index (χ0) is 16.1. The molecule has 1 N–H and O–H groups in total. The smallest absolute Gasteiger partial charge is 0.277 e. The quantitative estimate of drug-likeness (QED) is 0.756. The van der Waals surface area contributed by atoms with E-state index in [0.29, 0.717) is 17.4 Å². The average Bonchev–Trinajstić information content (AvgIpc) is 2.60. The third-order valence-corrected chi connectivity index (χ3v) is 3.42. The van der Waals surface area contributed by atoms with Crippen LogP contribution in [0.25, 0.3) is 10.9 Å². The van der Waals surface area contributed by atoms with Gasteiger partial charge in [-0.3, -0.25) is 14.6 Å². The molecule has 2 heterocycles. The molecule has 0 aliphatic carbocycles. The molecule has 116 valence electrons. The lowest BCUT2D eigenvalue weighted by atomic mass is 10.2. The Morgan fingerprint density at radius 1 is 1.13 bits per heavy atom. The number of fused-ring (bicyclic) bond motifs is 1.